The third kappa shape index (κ3) is 9.89. The summed E-state index contributed by atoms with van der Waals surface area (Å²) in [5.74, 6) is -0.232. The number of carbonyl (C=O) groups is 3. The van der Waals surface area contributed by atoms with Gasteiger partial charge in [-0.3, -0.25) is 14.9 Å². The fourth-order valence-corrected chi connectivity index (χ4v) is 5.79. The van der Waals surface area contributed by atoms with Crippen molar-refractivity contribution in [3.8, 4) is 16.9 Å². The molecule has 4 aromatic rings. The van der Waals surface area contributed by atoms with Crippen molar-refractivity contribution in [1.29, 1.82) is 0 Å². The number of para-hydroxylation sites is 1. The number of hydrogen-bond donors (Lipinski definition) is 6. The number of piperidine rings is 1. The number of likely N-dealkylation sites (tertiary alicyclic amines) is 1. The first-order valence-corrected chi connectivity index (χ1v) is 16.4. The highest BCUT2D eigenvalue weighted by Gasteiger charge is 2.33. The van der Waals surface area contributed by atoms with E-state index in [2.05, 4.69) is 26.2 Å². The predicted molar refractivity (Wildman–Crippen MR) is 189 cm³/mol. The Balaban J connectivity index is 0.997. The molecule has 1 heterocycles. The molecule has 0 saturated carbocycles. The highest BCUT2D eigenvalue weighted by Crippen LogP contribution is 2.30. The van der Waals surface area contributed by atoms with Crippen LogP contribution >= 0.6 is 0 Å². The van der Waals surface area contributed by atoms with Gasteiger partial charge in [-0.25, -0.2) is 4.79 Å². The molecule has 0 aromatic heterocycles. The predicted octanol–water partition coefficient (Wildman–Crippen LogP) is 5.28. The number of hydrogen-bond acceptors (Lipinski definition) is 8. The molecular weight excluding hydrogens is 622 g/mol. The monoisotopic (exact) mass is 665 g/mol. The van der Waals surface area contributed by atoms with Crippen LogP contribution in [0.4, 0.5) is 16.2 Å². The molecule has 256 valence electrons. The standard InChI is InChI=1S/C38H43N5O6/c1-38(49-37(48)42-32-10-6-5-9-31(32)28-7-3-2-4-8-28)17-20-43(21-18-38)22-19-40-36(47)29-13-11-27(12-14-29)24-39-25-35(46)30-15-16-34(45)33(23-30)41-26-44/h2-16,23,26,35,39,45-46H,17-22,24-25H2,1H3,(H,40,47)(H,41,44)(H,42,48). The first kappa shape index (κ1) is 35.1. The quantitative estimate of drug-likeness (QED) is 0.0786. The lowest BCUT2D eigenvalue weighted by Gasteiger charge is -2.38. The summed E-state index contributed by atoms with van der Waals surface area (Å²) in [7, 11) is 0. The second-order valence-electron chi connectivity index (χ2n) is 12.4. The van der Waals surface area contributed by atoms with E-state index in [-0.39, 0.29) is 23.9 Å². The molecule has 3 amide bonds. The van der Waals surface area contributed by atoms with E-state index < -0.39 is 17.8 Å². The summed E-state index contributed by atoms with van der Waals surface area (Å²) in [6, 6.07) is 29.4. The van der Waals surface area contributed by atoms with Gasteiger partial charge in [0, 0.05) is 50.4 Å². The molecule has 1 saturated heterocycles. The number of nitrogens with zero attached hydrogens (tertiary/aromatic N) is 1. The average Bonchev–Trinajstić information content (AvgIpc) is 3.11. The molecule has 5 rings (SSSR count). The minimum atomic E-state index is -0.841. The van der Waals surface area contributed by atoms with Crippen LogP contribution in [0.3, 0.4) is 0 Å². The van der Waals surface area contributed by atoms with E-state index in [9.17, 15) is 24.6 Å². The molecule has 4 aromatic carbocycles. The number of phenolic OH excluding ortho intramolecular Hbond substituents is 1. The molecule has 0 bridgehead atoms. The van der Waals surface area contributed by atoms with Crippen molar-refractivity contribution in [2.75, 3.05) is 43.4 Å². The maximum Gasteiger partial charge on any atom is 0.412 e. The minimum Gasteiger partial charge on any atom is -0.506 e. The van der Waals surface area contributed by atoms with Crippen molar-refractivity contribution in [1.82, 2.24) is 15.5 Å². The first-order valence-electron chi connectivity index (χ1n) is 16.4. The van der Waals surface area contributed by atoms with Crippen molar-refractivity contribution in [2.45, 2.75) is 38.0 Å². The summed E-state index contributed by atoms with van der Waals surface area (Å²) >= 11 is 0. The van der Waals surface area contributed by atoms with Gasteiger partial charge in [-0.2, -0.15) is 0 Å². The highest BCUT2D eigenvalue weighted by molar-refractivity contribution is 5.94. The highest BCUT2D eigenvalue weighted by atomic mass is 16.6. The van der Waals surface area contributed by atoms with Crippen LogP contribution in [0.15, 0.2) is 97.1 Å². The van der Waals surface area contributed by atoms with Gasteiger partial charge in [-0.05, 0) is 66.8 Å². The average molecular weight is 666 g/mol. The zero-order valence-corrected chi connectivity index (χ0v) is 27.5. The van der Waals surface area contributed by atoms with Crippen molar-refractivity contribution in [3.63, 3.8) is 0 Å². The summed E-state index contributed by atoms with van der Waals surface area (Å²) in [6.45, 7) is 5.39. The Morgan fingerprint density at radius 2 is 1.65 bits per heavy atom. The molecule has 1 aliphatic rings. The first-order chi connectivity index (χ1) is 23.7. The van der Waals surface area contributed by atoms with Crippen LogP contribution in [0, 0.1) is 0 Å². The molecular formula is C38H43N5O6. The number of ether oxygens (including phenoxy) is 1. The zero-order valence-electron chi connectivity index (χ0n) is 27.5. The number of aliphatic hydroxyl groups excluding tert-OH is 1. The summed E-state index contributed by atoms with van der Waals surface area (Å²) < 4.78 is 5.92. The Labute approximate surface area is 286 Å². The Morgan fingerprint density at radius 1 is 0.939 bits per heavy atom. The second-order valence-corrected chi connectivity index (χ2v) is 12.4. The number of amides is 3. The number of aromatic hydroxyl groups is 1. The van der Waals surface area contributed by atoms with E-state index >= 15 is 0 Å². The number of benzene rings is 4. The molecule has 0 aliphatic carbocycles. The SMILES string of the molecule is CC1(OC(=O)Nc2ccccc2-c2ccccc2)CCN(CCNC(=O)c2ccc(CNCC(O)c3ccc(O)c(NC=O)c3)cc2)CC1. The van der Waals surface area contributed by atoms with E-state index in [0.29, 0.717) is 55.7 Å². The number of rotatable bonds is 14. The molecule has 11 heteroatoms. The minimum absolute atomic E-state index is 0.0788. The molecule has 0 spiro atoms. The summed E-state index contributed by atoms with van der Waals surface area (Å²) in [6.07, 6.45) is 0.532. The van der Waals surface area contributed by atoms with Crippen molar-refractivity contribution in [3.05, 3.63) is 114 Å². The normalized spacial score (nSPS) is 14.7. The van der Waals surface area contributed by atoms with Crippen LogP contribution in [0.5, 0.6) is 5.75 Å². The fraction of sp³-hybridized carbons (Fsp3) is 0.289. The van der Waals surface area contributed by atoms with Crippen molar-refractivity contribution in [2.24, 2.45) is 0 Å². The van der Waals surface area contributed by atoms with Crippen molar-refractivity contribution >= 4 is 29.8 Å². The van der Waals surface area contributed by atoms with Crippen LogP contribution in [0.2, 0.25) is 0 Å². The van der Waals surface area contributed by atoms with Gasteiger partial charge in [0.05, 0.1) is 17.5 Å². The maximum absolute atomic E-state index is 12.9. The van der Waals surface area contributed by atoms with Gasteiger partial charge < -0.3 is 35.8 Å². The van der Waals surface area contributed by atoms with Crippen LogP contribution in [-0.2, 0) is 16.1 Å². The smallest absolute Gasteiger partial charge is 0.412 e. The largest absolute Gasteiger partial charge is 0.506 e. The molecule has 49 heavy (non-hydrogen) atoms. The molecule has 11 nitrogen and oxygen atoms in total. The number of aliphatic hydroxyl groups is 1. The molecule has 1 aliphatic heterocycles. The summed E-state index contributed by atoms with van der Waals surface area (Å²) in [4.78, 5) is 38.6. The molecule has 6 N–H and O–H groups in total. The van der Waals surface area contributed by atoms with Crippen LogP contribution in [0.25, 0.3) is 11.1 Å². The fourth-order valence-electron chi connectivity index (χ4n) is 5.79. The lowest BCUT2D eigenvalue weighted by molar-refractivity contribution is -0.105. The van der Waals surface area contributed by atoms with Crippen molar-refractivity contribution < 1.29 is 29.3 Å². The Hall–Kier alpha value is -5.23. The van der Waals surface area contributed by atoms with E-state index in [0.717, 1.165) is 29.8 Å². The Kier molecular flexibility index (Phi) is 12.0. The Bertz CT molecular complexity index is 1710. The van der Waals surface area contributed by atoms with Gasteiger partial charge in [0.2, 0.25) is 6.41 Å². The van der Waals surface area contributed by atoms with E-state index in [1.165, 1.54) is 12.1 Å². The lowest BCUT2D eigenvalue weighted by atomic mass is 9.93. The molecule has 1 atom stereocenters. The van der Waals surface area contributed by atoms with Gasteiger partial charge in [0.1, 0.15) is 11.4 Å². The van der Waals surface area contributed by atoms with Gasteiger partial charge >= 0.3 is 6.09 Å². The maximum atomic E-state index is 12.9. The lowest BCUT2D eigenvalue weighted by Crippen LogP contribution is -2.47. The van der Waals surface area contributed by atoms with Crippen LogP contribution in [0.1, 0.15) is 47.4 Å². The van der Waals surface area contributed by atoms with E-state index in [1.807, 2.05) is 73.7 Å². The number of carbonyl (C=O) groups excluding carboxylic acids is 3. The van der Waals surface area contributed by atoms with E-state index in [4.69, 9.17) is 4.74 Å². The number of nitrogens with one attached hydrogen (secondary N) is 4. The molecule has 1 fully saturated rings. The van der Waals surface area contributed by atoms with Crippen LogP contribution < -0.4 is 21.3 Å². The zero-order chi connectivity index (χ0) is 34.6. The third-order valence-electron chi connectivity index (χ3n) is 8.72. The van der Waals surface area contributed by atoms with Gasteiger partial charge in [0.15, 0.2) is 0 Å². The Morgan fingerprint density at radius 3 is 2.39 bits per heavy atom. The molecule has 0 radical (unpaired) electrons. The summed E-state index contributed by atoms with van der Waals surface area (Å²) in [5, 5.41) is 31.8. The second kappa shape index (κ2) is 16.7. The van der Waals surface area contributed by atoms with Crippen LogP contribution in [-0.4, -0.2) is 71.8 Å². The number of anilines is 2. The van der Waals surface area contributed by atoms with Gasteiger partial charge in [-0.1, -0.05) is 66.7 Å². The summed E-state index contributed by atoms with van der Waals surface area (Å²) in [5.41, 5.74) is 4.36. The topological polar surface area (TPSA) is 152 Å². The third-order valence-corrected chi connectivity index (χ3v) is 8.72. The van der Waals surface area contributed by atoms with Gasteiger partial charge in [0.25, 0.3) is 5.91 Å². The van der Waals surface area contributed by atoms with Gasteiger partial charge in [-0.15, -0.1) is 0 Å². The molecule has 1 unspecified atom stereocenters. The number of phenols is 1. The van der Waals surface area contributed by atoms with E-state index in [1.54, 1.807) is 18.2 Å².